The number of rotatable bonds is 9. The molecule has 3 amide bonds. The molecule has 0 radical (unpaired) electrons. The molecule has 1 aliphatic carbocycles. The van der Waals surface area contributed by atoms with Gasteiger partial charge >= 0.3 is 0 Å². The Morgan fingerprint density at radius 3 is 2.62 bits per heavy atom. The zero-order valence-electron chi connectivity index (χ0n) is 19.2. The quantitative estimate of drug-likeness (QED) is 0.276. The monoisotopic (exact) mass is 467 g/mol. The number of hydroxylamine groups is 1. The lowest BCUT2D eigenvalue weighted by atomic mass is 9.90. The van der Waals surface area contributed by atoms with Crippen molar-refractivity contribution in [3.05, 3.63) is 53.7 Å². The normalized spacial score (nSPS) is 17.4. The van der Waals surface area contributed by atoms with Crippen molar-refractivity contribution >= 4 is 35.2 Å². The zero-order chi connectivity index (χ0) is 24.7. The van der Waals surface area contributed by atoms with E-state index in [0.29, 0.717) is 11.3 Å². The molecule has 1 aliphatic rings. The summed E-state index contributed by atoms with van der Waals surface area (Å²) in [5.74, 6) is -0.858. The van der Waals surface area contributed by atoms with E-state index < -0.39 is 11.8 Å². The van der Waals surface area contributed by atoms with Crippen molar-refractivity contribution < 1.29 is 19.2 Å². The average Bonchev–Trinajstić information content (AvgIpc) is 2.81. The van der Waals surface area contributed by atoms with Crippen molar-refractivity contribution in [2.45, 2.75) is 44.7 Å². The highest BCUT2D eigenvalue weighted by Gasteiger charge is 2.27. The summed E-state index contributed by atoms with van der Waals surface area (Å²) in [6, 6.07) is 4.79. The summed E-state index contributed by atoms with van der Waals surface area (Å²) in [6.07, 6.45) is 6.09. The number of nitrogens with two attached hydrogens (primary N) is 1. The Bertz CT molecular complexity index is 1090. The van der Waals surface area contributed by atoms with Crippen LogP contribution in [0.25, 0.3) is 0 Å². The molecule has 11 nitrogen and oxygen atoms in total. The number of carbonyl (C=O) groups is 3. The van der Waals surface area contributed by atoms with Crippen molar-refractivity contribution in [2.75, 3.05) is 17.7 Å². The number of hydrogen-bond acceptors (Lipinski definition) is 8. The third kappa shape index (κ3) is 6.07. The van der Waals surface area contributed by atoms with E-state index in [1.807, 2.05) is 6.92 Å². The van der Waals surface area contributed by atoms with Gasteiger partial charge in [0.1, 0.15) is 5.82 Å². The molecule has 0 saturated heterocycles. The fourth-order valence-corrected chi connectivity index (χ4v) is 3.80. The Balaban J connectivity index is 1.87. The van der Waals surface area contributed by atoms with Crippen LogP contribution in [0.2, 0.25) is 0 Å². The lowest BCUT2D eigenvalue weighted by Crippen LogP contribution is -2.48. The van der Waals surface area contributed by atoms with Crippen LogP contribution in [0, 0.1) is 6.92 Å². The summed E-state index contributed by atoms with van der Waals surface area (Å²) in [7, 11) is 1.35. The number of hydrogen-bond donors (Lipinski definition) is 5. The van der Waals surface area contributed by atoms with Gasteiger partial charge in [-0.25, -0.2) is 10.5 Å². The lowest BCUT2D eigenvalue weighted by Gasteiger charge is -2.33. The Hall–Kier alpha value is -3.99. The highest BCUT2D eigenvalue weighted by molar-refractivity contribution is 5.97. The van der Waals surface area contributed by atoms with Gasteiger partial charge in [0, 0.05) is 29.5 Å². The summed E-state index contributed by atoms with van der Waals surface area (Å²) in [6.45, 7) is 5.37. The highest BCUT2D eigenvalue weighted by atomic mass is 16.6. The molecule has 1 fully saturated rings. The van der Waals surface area contributed by atoms with Gasteiger partial charge in [-0.2, -0.15) is 4.98 Å². The Morgan fingerprint density at radius 2 is 1.94 bits per heavy atom. The third-order valence-corrected chi connectivity index (χ3v) is 5.60. The van der Waals surface area contributed by atoms with Gasteiger partial charge in [0.2, 0.25) is 11.9 Å². The number of carbonyl (C=O) groups excluding carboxylic acids is 3. The minimum absolute atomic E-state index is 0.134. The molecule has 2 unspecified atom stereocenters. The molecule has 3 rings (SSSR count). The van der Waals surface area contributed by atoms with E-state index in [2.05, 4.69) is 42.8 Å². The molecule has 1 aromatic heterocycles. The summed E-state index contributed by atoms with van der Waals surface area (Å²) < 4.78 is 0. The number of primary amides is 1. The van der Waals surface area contributed by atoms with E-state index in [1.165, 1.54) is 19.4 Å². The van der Waals surface area contributed by atoms with Crippen LogP contribution in [0.5, 0.6) is 0 Å². The van der Waals surface area contributed by atoms with Gasteiger partial charge in [0.15, 0.2) is 0 Å². The first-order chi connectivity index (χ1) is 16.3. The predicted molar refractivity (Wildman–Crippen MR) is 127 cm³/mol. The van der Waals surface area contributed by atoms with Crippen molar-refractivity contribution in [3.63, 3.8) is 0 Å². The van der Waals surface area contributed by atoms with E-state index in [1.54, 1.807) is 18.2 Å². The largest absolute Gasteiger partial charge is 0.365 e. The maximum absolute atomic E-state index is 12.1. The van der Waals surface area contributed by atoms with E-state index in [9.17, 15) is 14.4 Å². The van der Waals surface area contributed by atoms with Gasteiger partial charge in [-0.05, 0) is 43.5 Å². The molecule has 2 aromatic rings. The maximum Gasteiger partial charge on any atom is 0.274 e. The van der Waals surface area contributed by atoms with Gasteiger partial charge < -0.3 is 21.7 Å². The van der Waals surface area contributed by atoms with Crippen LogP contribution < -0.4 is 27.2 Å². The summed E-state index contributed by atoms with van der Waals surface area (Å²) in [5, 5.41) is 9.30. The van der Waals surface area contributed by atoms with E-state index in [0.717, 1.165) is 31.2 Å². The third-order valence-electron chi connectivity index (χ3n) is 5.60. The molecule has 1 aromatic carbocycles. The fraction of sp³-hybridized carbons (Fsp3) is 0.348. The van der Waals surface area contributed by atoms with Gasteiger partial charge in [-0.1, -0.05) is 25.5 Å². The first-order valence-electron chi connectivity index (χ1n) is 10.9. The molecule has 0 spiro atoms. The maximum atomic E-state index is 12.1. The van der Waals surface area contributed by atoms with Gasteiger partial charge in [-0.3, -0.25) is 19.2 Å². The molecular formula is C23H29N7O4. The number of aromatic nitrogens is 2. The number of anilines is 3. The Labute approximate surface area is 197 Å². The number of benzene rings is 1. The second kappa shape index (κ2) is 11.2. The van der Waals surface area contributed by atoms with Crippen molar-refractivity contribution in [1.82, 2.24) is 20.8 Å². The van der Waals surface area contributed by atoms with Crippen molar-refractivity contribution in [3.8, 4) is 0 Å². The topological polar surface area (TPSA) is 160 Å². The highest BCUT2D eigenvalue weighted by Crippen LogP contribution is 2.26. The van der Waals surface area contributed by atoms with Gasteiger partial charge in [-0.15, -0.1) is 0 Å². The number of amides is 3. The molecule has 2 atom stereocenters. The van der Waals surface area contributed by atoms with E-state index in [4.69, 9.17) is 5.73 Å². The van der Waals surface area contributed by atoms with Crippen LogP contribution in [0.4, 0.5) is 17.5 Å². The summed E-state index contributed by atoms with van der Waals surface area (Å²) in [4.78, 5) is 49.3. The molecule has 11 heteroatoms. The number of aryl methyl sites for hydroxylation is 1. The van der Waals surface area contributed by atoms with Crippen LogP contribution >= 0.6 is 0 Å². The van der Waals surface area contributed by atoms with Crippen molar-refractivity contribution in [1.29, 1.82) is 0 Å². The first-order valence-corrected chi connectivity index (χ1v) is 10.9. The summed E-state index contributed by atoms with van der Waals surface area (Å²) in [5.41, 5.74) is 9.79. The summed E-state index contributed by atoms with van der Waals surface area (Å²) >= 11 is 0. The van der Waals surface area contributed by atoms with Crippen LogP contribution in [-0.4, -0.2) is 46.9 Å². The molecule has 1 heterocycles. The minimum atomic E-state index is -0.675. The molecule has 0 bridgehead atoms. The average molecular weight is 468 g/mol. The van der Waals surface area contributed by atoms with Crippen molar-refractivity contribution in [2.24, 2.45) is 5.73 Å². The minimum Gasteiger partial charge on any atom is -0.365 e. The second-order valence-electron chi connectivity index (χ2n) is 7.96. The zero-order valence-corrected chi connectivity index (χ0v) is 19.2. The smallest absolute Gasteiger partial charge is 0.274 e. The SMILES string of the molecule is C=CC(=O)NC1CCCCC1Nc1nc(Nc2cc(C(=O)NOC)ccc2C)ncc1C(N)=O. The molecule has 0 aliphatic heterocycles. The molecule has 6 N–H and O–H groups in total. The lowest BCUT2D eigenvalue weighted by molar-refractivity contribution is -0.117. The van der Waals surface area contributed by atoms with Crippen LogP contribution in [0.15, 0.2) is 37.1 Å². The van der Waals surface area contributed by atoms with Crippen LogP contribution in [0.3, 0.4) is 0 Å². The molecule has 1 saturated carbocycles. The Kier molecular flexibility index (Phi) is 8.14. The van der Waals surface area contributed by atoms with Gasteiger partial charge in [0.05, 0.1) is 12.7 Å². The predicted octanol–water partition coefficient (Wildman–Crippen LogP) is 1.94. The van der Waals surface area contributed by atoms with Crippen LogP contribution in [0.1, 0.15) is 52.0 Å². The van der Waals surface area contributed by atoms with E-state index in [-0.39, 0.29) is 35.3 Å². The molecule has 180 valence electrons. The van der Waals surface area contributed by atoms with Gasteiger partial charge in [0.25, 0.3) is 11.8 Å². The van der Waals surface area contributed by atoms with E-state index >= 15 is 0 Å². The standard InChI is InChI=1S/C23H29N7O4/c1-4-19(31)26-16-7-5-6-8-17(16)27-21-15(20(24)32)12-25-23(29-21)28-18-11-14(10-9-13(18)2)22(33)30-34-3/h4,9-12,16-17H,1,5-8H2,2-3H3,(H2,24,32)(H,26,31)(H,30,33)(H2,25,27,28,29). The van der Waals surface area contributed by atoms with Crippen LogP contribution in [-0.2, 0) is 9.63 Å². The molecular weight excluding hydrogens is 438 g/mol. The second-order valence-corrected chi connectivity index (χ2v) is 7.96. The number of nitrogens with one attached hydrogen (secondary N) is 4. The first kappa shape index (κ1) is 24.6. The fourth-order valence-electron chi connectivity index (χ4n) is 3.80. The molecule has 34 heavy (non-hydrogen) atoms. The Morgan fingerprint density at radius 1 is 1.21 bits per heavy atom. The number of nitrogens with zero attached hydrogens (tertiary/aromatic N) is 2.